The quantitative estimate of drug-likeness (QED) is 0.447. The highest BCUT2D eigenvalue weighted by Crippen LogP contribution is 2.38. The number of aliphatic imine (C=N–C) groups is 1. The molecule has 1 aliphatic heterocycles. The number of nitrogens with one attached hydrogen (secondary N) is 1. The number of esters is 2. The molecule has 34 heavy (non-hydrogen) atoms. The molecule has 0 atom stereocenters. The predicted octanol–water partition coefficient (Wildman–Crippen LogP) is 6.08. The maximum absolute atomic E-state index is 11.8. The lowest BCUT2D eigenvalue weighted by Gasteiger charge is -2.17. The van der Waals surface area contributed by atoms with E-state index < -0.39 is 0 Å². The minimum absolute atomic E-state index is 0.157. The molecule has 0 amide bonds. The number of aryl methyl sites for hydroxylation is 1. The SMILES string of the molecule is CCOC(=O)CCC1=N/C(=C2\C=C(c3[nH]c(CCC(=O)OCC)c(C)c3C)CCC2)C(C)=C1C. The van der Waals surface area contributed by atoms with Gasteiger partial charge >= 0.3 is 11.9 Å². The third kappa shape index (κ3) is 5.78. The Morgan fingerprint density at radius 1 is 0.912 bits per heavy atom. The van der Waals surface area contributed by atoms with Gasteiger partial charge in [0.15, 0.2) is 0 Å². The molecule has 0 saturated heterocycles. The van der Waals surface area contributed by atoms with Crippen molar-refractivity contribution in [2.45, 2.75) is 86.5 Å². The first-order chi connectivity index (χ1) is 16.3. The van der Waals surface area contributed by atoms with Crippen molar-refractivity contribution in [2.24, 2.45) is 4.99 Å². The van der Waals surface area contributed by atoms with Crippen molar-refractivity contribution in [1.29, 1.82) is 0 Å². The molecular weight excluding hydrogens is 428 g/mol. The number of allylic oxidation sites excluding steroid dienone is 5. The van der Waals surface area contributed by atoms with E-state index in [9.17, 15) is 9.59 Å². The summed E-state index contributed by atoms with van der Waals surface area (Å²) in [6.07, 6.45) is 7.37. The fourth-order valence-electron chi connectivity index (χ4n) is 4.70. The first-order valence-electron chi connectivity index (χ1n) is 12.5. The zero-order valence-corrected chi connectivity index (χ0v) is 21.5. The first kappa shape index (κ1) is 25.7. The topological polar surface area (TPSA) is 80.8 Å². The van der Waals surface area contributed by atoms with Gasteiger partial charge in [0.25, 0.3) is 0 Å². The first-order valence-corrected chi connectivity index (χ1v) is 12.5. The van der Waals surface area contributed by atoms with E-state index in [1.165, 1.54) is 33.4 Å². The molecule has 6 nitrogen and oxygen atoms in total. The molecule has 6 heteroatoms. The third-order valence-electron chi connectivity index (χ3n) is 6.89. The average Bonchev–Trinajstić information content (AvgIpc) is 3.27. The van der Waals surface area contributed by atoms with Crippen LogP contribution in [0.1, 0.15) is 88.7 Å². The van der Waals surface area contributed by atoms with E-state index in [1.807, 2.05) is 13.8 Å². The third-order valence-corrected chi connectivity index (χ3v) is 6.89. The van der Waals surface area contributed by atoms with Gasteiger partial charge < -0.3 is 14.5 Å². The summed E-state index contributed by atoms with van der Waals surface area (Å²) in [6.45, 7) is 13.0. The van der Waals surface area contributed by atoms with Gasteiger partial charge in [0.05, 0.1) is 31.8 Å². The van der Waals surface area contributed by atoms with Crippen LogP contribution < -0.4 is 0 Å². The van der Waals surface area contributed by atoms with Crippen LogP contribution in [0.25, 0.3) is 5.57 Å². The molecule has 1 N–H and O–H groups in total. The summed E-state index contributed by atoms with van der Waals surface area (Å²) < 4.78 is 10.2. The molecule has 0 fully saturated rings. The normalized spacial score (nSPS) is 18.2. The van der Waals surface area contributed by atoms with Crippen LogP contribution in [0.5, 0.6) is 0 Å². The van der Waals surface area contributed by atoms with Gasteiger partial charge in [0.1, 0.15) is 0 Å². The Labute approximate surface area is 203 Å². The van der Waals surface area contributed by atoms with Crippen LogP contribution in [0.15, 0.2) is 33.5 Å². The largest absolute Gasteiger partial charge is 0.466 e. The van der Waals surface area contributed by atoms with Crippen molar-refractivity contribution in [3.8, 4) is 0 Å². The lowest BCUT2D eigenvalue weighted by Crippen LogP contribution is -2.07. The molecule has 0 bridgehead atoms. The molecular formula is C28H38N2O4. The Hall–Kier alpha value is -2.89. The lowest BCUT2D eigenvalue weighted by atomic mass is 9.89. The van der Waals surface area contributed by atoms with E-state index in [0.717, 1.165) is 42.1 Å². The van der Waals surface area contributed by atoms with Crippen LogP contribution in [-0.2, 0) is 25.5 Å². The maximum atomic E-state index is 11.8. The summed E-state index contributed by atoms with van der Waals surface area (Å²) in [5.74, 6) is -0.331. The zero-order valence-electron chi connectivity index (χ0n) is 21.5. The molecule has 3 rings (SSSR count). The van der Waals surface area contributed by atoms with Crippen molar-refractivity contribution in [2.75, 3.05) is 13.2 Å². The fraction of sp³-hybridized carbons (Fsp3) is 0.536. The van der Waals surface area contributed by atoms with Crippen LogP contribution in [0.3, 0.4) is 0 Å². The highest BCUT2D eigenvalue weighted by molar-refractivity contribution is 6.05. The van der Waals surface area contributed by atoms with E-state index >= 15 is 0 Å². The Balaban J connectivity index is 1.85. The molecule has 1 aliphatic carbocycles. The number of hydrogen-bond acceptors (Lipinski definition) is 5. The van der Waals surface area contributed by atoms with Gasteiger partial charge in [0, 0.05) is 23.5 Å². The molecule has 0 aromatic carbocycles. The summed E-state index contributed by atoms with van der Waals surface area (Å²) in [5.41, 5.74) is 11.7. The number of rotatable bonds is 9. The molecule has 0 unspecified atom stereocenters. The van der Waals surface area contributed by atoms with Crippen LogP contribution in [0.2, 0.25) is 0 Å². The molecule has 0 spiro atoms. The molecule has 184 valence electrons. The predicted molar refractivity (Wildman–Crippen MR) is 136 cm³/mol. The number of aromatic amines is 1. The Bertz CT molecular complexity index is 1080. The summed E-state index contributed by atoms with van der Waals surface area (Å²) in [6, 6.07) is 0. The van der Waals surface area contributed by atoms with Crippen molar-refractivity contribution in [3.05, 3.63) is 51.0 Å². The Morgan fingerprint density at radius 2 is 1.56 bits per heavy atom. The second-order valence-electron chi connectivity index (χ2n) is 9.04. The van der Waals surface area contributed by atoms with Crippen molar-refractivity contribution in [1.82, 2.24) is 4.98 Å². The number of carbonyl (C=O) groups excluding carboxylic acids is 2. The van der Waals surface area contributed by atoms with Crippen LogP contribution in [-0.4, -0.2) is 35.8 Å². The number of nitrogens with zero attached hydrogens (tertiary/aromatic N) is 1. The molecule has 0 saturated carbocycles. The lowest BCUT2D eigenvalue weighted by molar-refractivity contribution is -0.143. The minimum Gasteiger partial charge on any atom is -0.466 e. The summed E-state index contributed by atoms with van der Waals surface area (Å²) >= 11 is 0. The monoisotopic (exact) mass is 466 g/mol. The molecule has 0 radical (unpaired) electrons. The number of aromatic nitrogens is 1. The standard InChI is InChI=1S/C28H38N2O4/c1-7-33-25(31)14-12-23-17(3)19(5)27(29-23)21-10-9-11-22(16-21)28-20(6)18(4)24(30-28)13-15-26(32)34-8-2/h16,29H,7-15H2,1-6H3/b28-22-. The van der Waals surface area contributed by atoms with Crippen LogP contribution in [0, 0.1) is 13.8 Å². The van der Waals surface area contributed by atoms with Crippen molar-refractivity contribution in [3.63, 3.8) is 0 Å². The van der Waals surface area contributed by atoms with E-state index in [2.05, 4.69) is 38.8 Å². The number of hydrogen-bond donors (Lipinski definition) is 1. The van der Waals surface area contributed by atoms with E-state index in [4.69, 9.17) is 14.5 Å². The zero-order chi connectivity index (χ0) is 24.8. The number of carbonyl (C=O) groups is 2. The van der Waals surface area contributed by atoms with Gasteiger partial charge in [-0.1, -0.05) is 6.08 Å². The molecule has 1 aromatic rings. The summed E-state index contributed by atoms with van der Waals surface area (Å²) in [5, 5.41) is 0. The fourth-order valence-corrected chi connectivity index (χ4v) is 4.70. The second kappa shape index (κ2) is 11.5. The second-order valence-corrected chi connectivity index (χ2v) is 9.04. The van der Waals surface area contributed by atoms with Crippen molar-refractivity contribution >= 4 is 23.2 Å². The average molecular weight is 467 g/mol. The van der Waals surface area contributed by atoms with E-state index in [-0.39, 0.29) is 11.9 Å². The smallest absolute Gasteiger partial charge is 0.306 e. The summed E-state index contributed by atoms with van der Waals surface area (Å²) in [4.78, 5) is 32.2. The van der Waals surface area contributed by atoms with E-state index in [1.54, 1.807) is 0 Å². The van der Waals surface area contributed by atoms with Gasteiger partial charge in [-0.15, -0.1) is 0 Å². The van der Waals surface area contributed by atoms with Gasteiger partial charge in [0.2, 0.25) is 0 Å². The highest BCUT2D eigenvalue weighted by Gasteiger charge is 2.23. The highest BCUT2D eigenvalue weighted by atomic mass is 16.5. The molecule has 2 aliphatic rings. The van der Waals surface area contributed by atoms with Crippen LogP contribution in [0.4, 0.5) is 0 Å². The van der Waals surface area contributed by atoms with Gasteiger partial charge in [-0.2, -0.15) is 0 Å². The summed E-state index contributed by atoms with van der Waals surface area (Å²) in [7, 11) is 0. The Kier molecular flexibility index (Phi) is 8.70. The van der Waals surface area contributed by atoms with Gasteiger partial charge in [-0.05, 0) is 101 Å². The van der Waals surface area contributed by atoms with Crippen molar-refractivity contribution < 1.29 is 19.1 Å². The Morgan fingerprint density at radius 3 is 2.21 bits per heavy atom. The van der Waals surface area contributed by atoms with Crippen LogP contribution >= 0.6 is 0 Å². The molecule has 1 aromatic heterocycles. The van der Waals surface area contributed by atoms with E-state index in [0.29, 0.717) is 38.9 Å². The van der Waals surface area contributed by atoms with Gasteiger partial charge in [-0.3, -0.25) is 14.6 Å². The minimum atomic E-state index is -0.173. The maximum Gasteiger partial charge on any atom is 0.306 e. The molecule has 2 heterocycles. The van der Waals surface area contributed by atoms with Gasteiger partial charge in [-0.25, -0.2) is 0 Å². The number of H-pyrrole nitrogens is 1. The number of ether oxygens (including phenoxy) is 2.